The largest absolute Gasteiger partial charge is 0.493 e. The van der Waals surface area contributed by atoms with Gasteiger partial charge >= 0.3 is 0 Å². The minimum atomic E-state index is -0.223. The number of hydrogen-bond donors (Lipinski definition) is 2. The highest BCUT2D eigenvalue weighted by Gasteiger charge is 2.13. The molecule has 0 spiro atoms. The fourth-order valence-electron chi connectivity index (χ4n) is 3.29. The molecule has 29 heavy (non-hydrogen) atoms. The monoisotopic (exact) mass is 387 g/mol. The van der Waals surface area contributed by atoms with E-state index in [0.717, 1.165) is 27.6 Å². The lowest BCUT2D eigenvalue weighted by molar-refractivity contribution is 0.0946. The molecule has 0 bridgehead atoms. The van der Waals surface area contributed by atoms with Crippen LogP contribution in [0.15, 0.2) is 66.7 Å². The van der Waals surface area contributed by atoms with Crippen LogP contribution in [0.5, 0.6) is 11.5 Å². The number of benzene rings is 3. The Morgan fingerprint density at radius 3 is 2.59 bits per heavy atom. The molecule has 1 heterocycles. The van der Waals surface area contributed by atoms with Crippen LogP contribution in [-0.4, -0.2) is 30.3 Å². The lowest BCUT2D eigenvalue weighted by atomic mass is 10.0. The Kier molecular flexibility index (Phi) is 5.16. The number of rotatable bonds is 6. The zero-order valence-corrected chi connectivity index (χ0v) is 16.2. The molecule has 0 unspecified atom stereocenters. The van der Waals surface area contributed by atoms with Gasteiger partial charge in [-0.1, -0.05) is 48.5 Å². The zero-order chi connectivity index (χ0) is 20.2. The minimum Gasteiger partial charge on any atom is -0.493 e. The Morgan fingerprint density at radius 2 is 1.76 bits per heavy atom. The van der Waals surface area contributed by atoms with Crippen molar-refractivity contribution in [2.24, 2.45) is 0 Å². The summed E-state index contributed by atoms with van der Waals surface area (Å²) >= 11 is 0. The predicted molar refractivity (Wildman–Crippen MR) is 112 cm³/mol. The van der Waals surface area contributed by atoms with Gasteiger partial charge in [-0.05, 0) is 34.5 Å². The van der Waals surface area contributed by atoms with Crippen molar-refractivity contribution in [2.45, 2.75) is 6.54 Å². The first kappa shape index (κ1) is 18.6. The molecule has 4 aromatic rings. The predicted octanol–water partition coefficient (Wildman–Crippen LogP) is 4.18. The zero-order valence-electron chi connectivity index (χ0n) is 16.2. The summed E-state index contributed by atoms with van der Waals surface area (Å²) in [6.45, 7) is 0.363. The van der Waals surface area contributed by atoms with E-state index in [0.29, 0.717) is 23.7 Å². The highest BCUT2D eigenvalue weighted by molar-refractivity contribution is 5.98. The van der Waals surface area contributed by atoms with E-state index in [-0.39, 0.29) is 5.91 Å². The van der Waals surface area contributed by atoms with Gasteiger partial charge in [-0.25, -0.2) is 0 Å². The summed E-state index contributed by atoms with van der Waals surface area (Å²) in [4.78, 5) is 12.6. The molecule has 3 aromatic carbocycles. The Bertz CT molecular complexity index is 1160. The number of carbonyl (C=O) groups excluding carboxylic acids is 1. The quantitative estimate of drug-likeness (QED) is 0.520. The molecule has 0 saturated heterocycles. The van der Waals surface area contributed by atoms with Crippen molar-refractivity contribution >= 4 is 16.7 Å². The second kappa shape index (κ2) is 8.06. The van der Waals surface area contributed by atoms with Gasteiger partial charge in [-0.3, -0.25) is 9.89 Å². The van der Waals surface area contributed by atoms with Crippen LogP contribution in [0.25, 0.3) is 22.0 Å². The average molecular weight is 387 g/mol. The number of methoxy groups -OCH3 is 2. The number of nitrogens with zero attached hydrogens (tertiary/aromatic N) is 1. The molecule has 2 N–H and O–H groups in total. The van der Waals surface area contributed by atoms with Crippen LogP contribution in [0.1, 0.15) is 16.1 Å². The first-order chi connectivity index (χ1) is 14.2. The van der Waals surface area contributed by atoms with Gasteiger partial charge in [0.15, 0.2) is 11.5 Å². The second-order valence-electron chi connectivity index (χ2n) is 6.57. The lowest BCUT2D eigenvalue weighted by Gasteiger charge is -2.10. The molecule has 0 radical (unpaired) electrons. The summed E-state index contributed by atoms with van der Waals surface area (Å²) in [7, 11) is 3.17. The first-order valence-corrected chi connectivity index (χ1v) is 9.22. The molecule has 0 aliphatic carbocycles. The maximum atomic E-state index is 12.6. The van der Waals surface area contributed by atoms with Gasteiger partial charge in [-0.15, -0.1) is 0 Å². The number of nitrogens with one attached hydrogen (secondary N) is 2. The number of carbonyl (C=O) groups is 1. The fraction of sp³-hybridized carbons (Fsp3) is 0.130. The molecule has 0 saturated carbocycles. The molecule has 0 aliphatic heterocycles. The van der Waals surface area contributed by atoms with Gasteiger partial charge in [0.25, 0.3) is 5.91 Å². The molecule has 0 atom stereocenters. The highest BCUT2D eigenvalue weighted by atomic mass is 16.5. The summed E-state index contributed by atoms with van der Waals surface area (Å²) in [5, 5.41) is 12.3. The molecule has 0 aliphatic rings. The molecule has 4 rings (SSSR count). The normalized spacial score (nSPS) is 10.7. The Morgan fingerprint density at radius 1 is 0.966 bits per heavy atom. The number of aromatic nitrogens is 2. The summed E-state index contributed by atoms with van der Waals surface area (Å²) in [6, 6.07) is 21.5. The van der Waals surface area contributed by atoms with Crippen LogP contribution >= 0.6 is 0 Å². The van der Waals surface area contributed by atoms with Gasteiger partial charge in [0, 0.05) is 12.1 Å². The molecular weight excluding hydrogens is 366 g/mol. The topological polar surface area (TPSA) is 76.2 Å². The number of hydrogen-bond acceptors (Lipinski definition) is 4. The molecule has 6 nitrogen and oxygen atoms in total. The fourth-order valence-corrected chi connectivity index (χ4v) is 3.29. The lowest BCUT2D eigenvalue weighted by Crippen LogP contribution is -2.23. The van der Waals surface area contributed by atoms with Gasteiger partial charge in [0.2, 0.25) is 0 Å². The SMILES string of the molecule is COc1ccc(CNC(=O)c2cc(-c3cccc4ccccc34)n[nH]2)cc1OC. The van der Waals surface area contributed by atoms with Gasteiger partial charge < -0.3 is 14.8 Å². The number of H-pyrrole nitrogens is 1. The molecule has 1 aromatic heterocycles. The van der Waals surface area contributed by atoms with Crippen LogP contribution < -0.4 is 14.8 Å². The van der Waals surface area contributed by atoms with E-state index < -0.39 is 0 Å². The van der Waals surface area contributed by atoms with Crippen LogP contribution in [0.2, 0.25) is 0 Å². The summed E-state index contributed by atoms with van der Waals surface area (Å²) in [5.41, 5.74) is 3.04. The van der Waals surface area contributed by atoms with E-state index in [1.165, 1.54) is 0 Å². The number of aromatic amines is 1. The van der Waals surface area contributed by atoms with Crippen molar-refractivity contribution in [1.29, 1.82) is 0 Å². The second-order valence-corrected chi connectivity index (χ2v) is 6.57. The summed E-state index contributed by atoms with van der Waals surface area (Å²) < 4.78 is 10.5. The van der Waals surface area contributed by atoms with Crippen molar-refractivity contribution in [3.05, 3.63) is 78.0 Å². The number of amides is 1. The standard InChI is InChI=1S/C23H21N3O3/c1-28-21-11-10-15(12-22(21)29-2)14-24-23(27)20-13-19(25-26-20)18-9-5-7-16-6-3-4-8-17(16)18/h3-13H,14H2,1-2H3,(H,24,27)(H,25,26). The maximum absolute atomic E-state index is 12.6. The van der Waals surface area contributed by atoms with Crippen LogP contribution in [0.4, 0.5) is 0 Å². The Balaban J connectivity index is 1.50. The Hall–Kier alpha value is -3.80. The summed E-state index contributed by atoms with van der Waals surface area (Å²) in [5.74, 6) is 1.05. The van der Waals surface area contributed by atoms with Crippen LogP contribution in [0, 0.1) is 0 Å². The maximum Gasteiger partial charge on any atom is 0.269 e. The van der Waals surface area contributed by atoms with E-state index >= 15 is 0 Å². The van der Waals surface area contributed by atoms with Crippen LogP contribution in [0.3, 0.4) is 0 Å². The third kappa shape index (κ3) is 3.78. The van der Waals surface area contributed by atoms with E-state index in [1.807, 2.05) is 42.5 Å². The number of fused-ring (bicyclic) bond motifs is 1. The van der Waals surface area contributed by atoms with Crippen molar-refractivity contribution in [2.75, 3.05) is 14.2 Å². The molecular formula is C23H21N3O3. The molecule has 1 amide bonds. The third-order valence-electron chi connectivity index (χ3n) is 4.79. The van der Waals surface area contributed by atoms with Crippen molar-refractivity contribution in [3.8, 4) is 22.8 Å². The molecule has 6 heteroatoms. The minimum absolute atomic E-state index is 0.223. The first-order valence-electron chi connectivity index (χ1n) is 9.22. The Labute approximate surface area is 168 Å². The molecule has 0 fully saturated rings. The van der Waals surface area contributed by atoms with Crippen molar-refractivity contribution in [3.63, 3.8) is 0 Å². The highest BCUT2D eigenvalue weighted by Crippen LogP contribution is 2.28. The van der Waals surface area contributed by atoms with Gasteiger partial charge in [-0.2, -0.15) is 5.10 Å². The summed E-state index contributed by atoms with van der Waals surface area (Å²) in [6.07, 6.45) is 0. The van der Waals surface area contributed by atoms with E-state index in [4.69, 9.17) is 9.47 Å². The third-order valence-corrected chi connectivity index (χ3v) is 4.79. The van der Waals surface area contributed by atoms with E-state index in [2.05, 4.69) is 33.7 Å². The number of ether oxygens (including phenoxy) is 2. The van der Waals surface area contributed by atoms with Gasteiger partial charge in [0.05, 0.1) is 19.9 Å². The molecule has 146 valence electrons. The van der Waals surface area contributed by atoms with Crippen molar-refractivity contribution < 1.29 is 14.3 Å². The van der Waals surface area contributed by atoms with E-state index in [1.54, 1.807) is 20.3 Å². The van der Waals surface area contributed by atoms with Gasteiger partial charge in [0.1, 0.15) is 5.69 Å². The van der Waals surface area contributed by atoms with Crippen molar-refractivity contribution in [1.82, 2.24) is 15.5 Å². The smallest absolute Gasteiger partial charge is 0.269 e. The van der Waals surface area contributed by atoms with Crippen LogP contribution in [-0.2, 0) is 6.54 Å². The average Bonchev–Trinajstić information content (AvgIpc) is 3.27. The van der Waals surface area contributed by atoms with E-state index in [9.17, 15) is 4.79 Å².